The van der Waals surface area contributed by atoms with Crippen LogP contribution in [0.1, 0.15) is 29.8 Å². The molecule has 0 aliphatic carbocycles. The van der Waals surface area contributed by atoms with Crippen molar-refractivity contribution in [2.24, 2.45) is 5.73 Å². The van der Waals surface area contributed by atoms with E-state index in [1.807, 2.05) is 38.1 Å². The van der Waals surface area contributed by atoms with Gasteiger partial charge >= 0.3 is 0 Å². The first kappa shape index (κ1) is 13.6. The Labute approximate surface area is 114 Å². The topological polar surface area (TPSA) is 48.1 Å². The molecule has 1 aromatic carbocycles. The summed E-state index contributed by atoms with van der Waals surface area (Å²) in [4.78, 5) is 4.65. The van der Waals surface area contributed by atoms with Crippen molar-refractivity contribution in [3.05, 3.63) is 47.2 Å². The predicted octanol–water partition coefficient (Wildman–Crippen LogP) is 3.39. The first-order valence-corrected chi connectivity index (χ1v) is 6.41. The lowest BCUT2D eigenvalue weighted by Crippen LogP contribution is -2.08. The quantitative estimate of drug-likeness (QED) is 0.915. The van der Waals surface area contributed by atoms with Gasteiger partial charge in [0.15, 0.2) is 0 Å². The zero-order chi connectivity index (χ0) is 14.0. The number of ether oxygens (including phenoxy) is 1. The zero-order valence-corrected chi connectivity index (χ0v) is 11.9. The molecule has 0 bridgehead atoms. The molecule has 1 heterocycles. The SMILES string of the molecule is COc1ccc(C)cc1-c1ccc(C(C)N)c(C)n1. The fraction of sp³-hybridized carbons (Fsp3) is 0.312. The van der Waals surface area contributed by atoms with Gasteiger partial charge in [0.25, 0.3) is 0 Å². The number of benzene rings is 1. The van der Waals surface area contributed by atoms with Crippen LogP contribution in [0.15, 0.2) is 30.3 Å². The Bertz CT molecular complexity index is 591. The fourth-order valence-corrected chi connectivity index (χ4v) is 2.23. The molecule has 0 aliphatic heterocycles. The molecule has 0 spiro atoms. The highest BCUT2D eigenvalue weighted by Crippen LogP contribution is 2.30. The summed E-state index contributed by atoms with van der Waals surface area (Å²) >= 11 is 0. The molecule has 2 rings (SSSR count). The maximum Gasteiger partial charge on any atom is 0.128 e. The Morgan fingerprint density at radius 3 is 2.47 bits per heavy atom. The molecule has 0 saturated heterocycles. The van der Waals surface area contributed by atoms with Crippen LogP contribution in [-0.4, -0.2) is 12.1 Å². The van der Waals surface area contributed by atoms with Gasteiger partial charge in [-0.2, -0.15) is 0 Å². The zero-order valence-electron chi connectivity index (χ0n) is 11.9. The molecular formula is C16H20N2O. The summed E-state index contributed by atoms with van der Waals surface area (Å²) in [5.74, 6) is 0.839. The van der Waals surface area contributed by atoms with Crippen LogP contribution in [-0.2, 0) is 0 Å². The maximum absolute atomic E-state index is 5.92. The summed E-state index contributed by atoms with van der Waals surface area (Å²) < 4.78 is 5.41. The third kappa shape index (κ3) is 2.76. The lowest BCUT2D eigenvalue weighted by Gasteiger charge is -2.13. The van der Waals surface area contributed by atoms with Gasteiger partial charge in [0.05, 0.1) is 12.8 Å². The van der Waals surface area contributed by atoms with E-state index in [0.29, 0.717) is 0 Å². The number of rotatable bonds is 3. The largest absolute Gasteiger partial charge is 0.496 e. The normalized spacial score (nSPS) is 12.3. The number of nitrogens with zero attached hydrogens (tertiary/aromatic N) is 1. The van der Waals surface area contributed by atoms with Crippen molar-refractivity contribution in [3.63, 3.8) is 0 Å². The molecule has 100 valence electrons. The van der Waals surface area contributed by atoms with Gasteiger partial charge < -0.3 is 10.5 Å². The average Bonchev–Trinajstić information content (AvgIpc) is 2.38. The number of aryl methyl sites for hydroxylation is 2. The second kappa shape index (κ2) is 5.41. The first-order valence-electron chi connectivity index (χ1n) is 6.41. The summed E-state index contributed by atoms with van der Waals surface area (Å²) in [5, 5.41) is 0. The molecule has 0 amide bonds. The van der Waals surface area contributed by atoms with Gasteiger partial charge in [0.1, 0.15) is 5.75 Å². The number of hydrogen-bond acceptors (Lipinski definition) is 3. The Balaban J connectivity index is 2.53. The van der Waals surface area contributed by atoms with Crippen LogP contribution in [0, 0.1) is 13.8 Å². The highest BCUT2D eigenvalue weighted by Gasteiger charge is 2.11. The fourth-order valence-electron chi connectivity index (χ4n) is 2.23. The Morgan fingerprint density at radius 2 is 1.89 bits per heavy atom. The van der Waals surface area contributed by atoms with E-state index in [2.05, 4.69) is 18.0 Å². The molecule has 19 heavy (non-hydrogen) atoms. The molecule has 1 aromatic heterocycles. The van der Waals surface area contributed by atoms with Gasteiger partial charge in [0, 0.05) is 17.3 Å². The van der Waals surface area contributed by atoms with Gasteiger partial charge in [-0.15, -0.1) is 0 Å². The van der Waals surface area contributed by atoms with Crippen LogP contribution in [0.5, 0.6) is 5.75 Å². The summed E-state index contributed by atoms with van der Waals surface area (Å²) in [7, 11) is 1.68. The molecule has 0 aliphatic rings. The van der Waals surface area contributed by atoms with Crippen molar-refractivity contribution in [3.8, 4) is 17.0 Å². The van der Waals surface area contributed by atoms with Crippen LogP contribution < -0.4 is 10.5 Å². The van der Waals surface area contributed by atoms with Crippen molar-refractivity contribution in [1.29, 1.82) is 0 Å². The van der Waals surface area contributed by atoms with Crippen molar-refractivity contribution < 1.29 is 4.74 Å². The molecule has 1 unspecified atom stereocenters. The van der Waals surface area contributed by atoms with Gasteiger partial charge in [0.2, 0.25) is 0 Å². The van der Waals surface area contributed by atoms with Gasteiger partial charge in [-0.1, -0.05) is 17.7 Å². The highest BCUT2D eigenvalue weighted by atomic mass is 16.5. The molecule has 0 radical (unpaired) electrons. The molecular weight excluding hydrogens is 236 g/mol. The van der Waals surface area contributed by atoms with Crippen LogP contribution in [0.3, 0.4) is 0 Å². The molecule has 2 N–H and O–H groups in total. The second-order valence-corrected chi connectivity index (χ2v) is 4.86. The summed E-state index contributed by atoms with van der Waals surface area (Å²) in [6.07, 6.45) is 0. The van der Waals surface area contributed by atoms with Gasteiger partial charge in [-0.25, -0.2) is 0 Å². The lowest BCUT2D eigenvalue weighted by molar-refractivity contribution is 0.416. The molecule has 0 saturated carbocycles. The predicted molar refractivity (Wildman–Crippen MR) is 78.3 cm³/mol. The van der Waals surface area contributed by atoms with E-state index in [0.717, 1.165) is 28.3 Å². The van der Waals surface area contributed by atoms with E-state index < -0.39 is 0 Å². The van der Waals surface area contributed by atoms with E-state index in [1.165, 1.54) is 5.56 Å². The minimum Gasteiger partial charge on any atom is -0.496 e. The Morgan fingerprint density at radius 1 is 1.16 bits per heavy atom. The maximum atomic E-state index is 5.92. The first-order chi connectivity index (χ1) is 9.02. The van der Waals surface area contributed by atoms with E-state index in [-0.39, 0.29) is 6.04 Å². The smallest absolute Gasteiger partial charge is 0.128 e. The number of aromatic nitrogens is 1. The number of pyridine rings is 1. The minimum absolute atomic E-state index is 0.000884. The van der Waals surface area contributed by atoms with E-state index in [9.17, 15) is 0 Å². The van der Waals surface area contributed by atoms with Crippen molar-refractivity contribution >= 4 is 0 Å². The standard InChI is InChI=1S/C16H20N2O/c1-10-5-8-16(19-4)14(9-10)15-7-6-13(11(2)17)12(3)18-15/h5-9,11H,17H2,1-4H3. The van der Waals surface area contributed by atoms with Crippen LogP contribution in [0.2, 0.25) is 0 Å². The summed E-state index contributed by atoms with van der Waals surface area (Å²) in [5.41, 5.74) is 11.1. The van der Waals surface area contributed by atoms with Crippen LogP contribution in [0.25, 0.3) is 11.3 Å². The number of nitrogens with two attached hydrogens (primary N) is 1. The summed E-state index contributed by atoms with van der Waals surface area (Å²) in [6, 6.07) is 10.1. The summed E-state index contributed by atoms with van der Waals surface area (Å²) in [6.45, 7) is 6.02. The molecule has 2 aromatic rings. The van der Waals surface area contributed by atoms with Crippen molar-refractivity contribution in [2.45, 2.75) is 26.8 Å². The number of methoxy groups -OCH3 is 1. The number of hydrogen-bond donors (Lipinski definition) is 1. The van der Waals surface area contributed by atoms with E-state index in [4.69, 9.17) is 10.5 Å². The molecule has 1 atom stereocenters. The van der Waals surface area contributed by atoms with Gasteiger partial charge in [-0.3, -0.25) is 4.98 Å². The van der Waals surface area contributed by atoms with Crippen molar-refractivity contribution in [1.82, 2.24) is 4.98 Å². The van der Waals surface area contributed by atoms with Crippen LogP contribution >= 0.6 is 0 Å². The van der Waals surface area contributed by atoms with Gasteiger partial charge in [-0.05, 0) is 44.5 Å². The molecule has 3 heteroatoms. The Kier molecular flexibility index (Phi) is 3.86. The van der Waals surface area contributed by atoms with Crippen molar-refractivity contribution in [2.75, 3.05) is 7.11 Å². The lowest BCUT2D eigenvalue weighted by atomic mass is 10.0. The van der Waals surface area contributed by atoms with Crippen LogP contribution in [0.4, 0.5) is 0 Å². The monoisotopic (exact) mass is 256 g/mol. The Hall–Kier alpha value is -1.87. The molecule has 0 fully saturated rings. The molecule has 3 nitrogen and oxygen atoms in total. The second-order valence-electron chi connectivity index (χ2n) is 4.86. The third-order valence-electron chi connectivity index (χ3n) is 3.25. The minimum atomic E-state index is 0.000884. The van der Waals surface area contributed by atoms with E-state index >= 15 is 0 Å². The van der Waals surface area contributed by atoms with E-state index in [1.54, 1.807) is 7.11 Å². The third-order valence-corrected chi connectivity index (χ3v) is 3.25. The highest BCUT2D eigenvalue weighted by molar-refractivity contribution is 5.68. The average molecular weight is 256 g/mol.